The minimum atomic E-state index is -1.00. The van der Waals surface area contributed by atoms with E-state index in [1.165, 1.54) is 7.11 Å². The fourth-order valence-corrected chi connectivity index (χ4v) is 6.79. The molecule has 2 unspecified atom stereocenters. The summed E-state index contributed by atoms with van der Waals surface area (Å²) in [5.41, 5.74) is 4.06. The summed E-state index contributed by atoms with van der Waals surface area (Å²) in [6, 6.07) is 13.8. The highest BCUT2D eigenvalue weighted by Crippen LogP contribution is 2.53. The van der Waals surface area contributed by atoms with Crippen LogP contribution >= 0.6 is 0 Å². The van der Waals surface area contributed by atoms with E-state index in [4.69, 9.17) is 19.1 Å². The highest BCUT2D eigenvalue weighted by Gasteiger charge is 2.56. The Labute approximate surface area is 275 Å². The van der Waals surface area contributed by atoms with Crippen molar-refractivity contribution >= 4 is 46.8 Å². The van der Waals surface area contributed by atoms with Crippen LogP contribution < -0.4 is 15.5 Å². The number of carbonyl (C=O) groups excluding carboxylic acids is 2. The molecule has 3 aliphatic rings. The van der Waals surface area contributed by atoms with E-state index >= 15 is 0 Å². The molecule has 4 aromatic rings. The van der Waals surface area contributed by atoms with Crippen LogP contribution in [0.1, 0.15) is 71.8 Å². The zero-order valence-electron chi connectivity index (χ0n) is 28.0. The summed E-state index contributed by atoms with van der Waals surface area (Å²) in [4.78, 5) is 36.5. The van der Waals surface area contributed by atoms with Crippen molar-refractivity contribution in [1.82, 2.24) is 20.2 Å². The molecule has 1 aromatic heterocycles. The maximum Gasteiger partial charge on any atom is 0.407 e. The molecule has 7 rings (SSSR count). The number of ether oxygens (including phenoxy) is 2. The van der Waals surface area contributed by atoms with Gasteiger partial charge in [0.1, 0.15) is 24.2 Å². The third-order valence-corrected chi connectivity index (χ3v) is 10.4. The van der Waals surface area contributed by atoms with Gasteiger partial charge in [-0.1, -0.05) is 43.6 Å². The second kappa shape index (κ2) is 11.3. The van der Waals surface area contributed by atoms with Gasteiger partial charge in [0.25, 0.3) is 0 Å². The number of benzene rings is 3. The lowest BCUT2D eigenvalue weighted by molar-refractivity contribution is -0.136. The van der Waals surface area contributed by atoms with Crippen LogP contribution in [-0.2, 0) is 20.8 Å². The van der Waals surface area contributed by atoms with E-state index in [1.807, 2.05) is 44.7 Å². The Hall–Kier alpha value is -4.09. The number of aromatic amines is 1. The molecule has 1 aliphatic carbocycles. The molecule has 0 spiro atoms. The maximum atomic E-state index is 13.9. The minimum absolute atomic E-state index is 0.0971. The third-order valence-electron chi connectivity index (χ3n) is 10.4. The molecule has 1 radical (unpaired) electrons. The molecule has 47 heavy (non-hydrogen) atoms. The van der Waals surface area contributed by atoms with Crippen molar-refractivity contribution in [2.45, 2.75) is 90.3 Å². The number of nitrogens with one attached hydrogen (secondary N) is 2. The van der Waals surface area contributed by atoms with Crippen LogP contribution in [-0.4, -0.2) is 69.9 Å². The first-order valence-electron chi connectivity index (χ1n) is 16.4. The fourth-order valence-electron chi connectivity index (χ4n) is 6.79. The Morgan fingerprint density at radius 1 is 1.11 bits per heavy atom. The van der Waals surface area contributed by atoms with Gasteiger partial charge in [0, 0.05) is 17.0 Å². The van der Waals surface area contributed by atoms with Crippen LogP contribution in [0.5, 0.6) is 5.75 Å². The number of piperidine rings is 1. The molecule has 4 atom stereocenters. The summed E-state index contributed by atoms with van der Waals surface area (Å²) in [6.07, 6.45) is 1.21. The van der Waals surface area contributed by atoms with E-state index in [1.54, 1.807) is 21.3 Å². The number of aromatic nitrogens is 2. The molecule has 3 N–H and O–H groups in total. The first kappa shape index (κ1) is 31.5. The van der Waals surface area contributed by atoms with Gasteiger partial charge in [-0.15, -0.1) is 0 Å². The Morgan fingerprint density at radius 3 is 2.62 bits per heavy atom. The number of H-pyrrole nitrogens is 1. The zero-order chi connectivity index (χ0) is 33.4. The van der Waals surface area contributed by atoms with Crippen molar-refractivity contribution in [3.63, 3.8) is 0 Å². The summed E-state index contributed by atoms with van der Waals surface area (Å²) < 4.78 is 17.1. The van der Waals surface area contributed by atoms with Crippen molar-refractivity contribution in [2.24, 2.45) is 11.8 Å². The molecular formula is C36H42BN4O6. The highest BCUT2D eigenvalue weighted by molar-refractivity contribution is 6.47. The van der Waals surface area contributed by atoms with Crippen LogP contribution in [0.4, 0.5) is 4.79 Å². The van der Waals surface area contributed by atoms with E-state index in [2.05, 4.69) is 40.6 Å². The Balaban J connectivity index is 1.18. The van der Waals surface area contributed by atoms with Gasteiger partial charge in [-0.25, -0.2) is 9.78 Å². The van der Waals surface area contributed by atoms with E-state index < -0.39 is 23.3 Å². The van der Waals surface area contributed by atoms with Crippen LogP contribution in [0, 0.1) is 11.8 Å². The molecule has 0 bridgehead atoms. The first-order chi connectivity index (χ1) is 22.3. The summed E-state index contributed by atoms with van der Waals surface area (Å²) in [7, 11) is 3.00. The molecule has 1 saturated carbocycles. The van der Waals surface area contributed by atoms with Gasteiger partial charge in [0.15, 0.2) is 0 Å². The number of nitrogens with zero attached hydrogens (tertiary/aromatic N) is 2. The number of hydrogen-bond acceptors (Lipinski definition) is 7. The molecule has 1 saturated heterocycles. The van der Waals surface area contributed by atoms with Crippen molar-refractivity contribution in [2.75, 3.05) is 7.11 Å². The van der Waals surface area contributed by atoms with E-state index in [9.17, 15) is 14.7 Å². The lowest BCUT2D eigenvalue weighted by Gasteiger charge is -2.37. The average Bonchev–Trinajstić information content (AvgIpc) is 3.47. The molecule has 3 aromatic carbocycles. The summed E-state index contributed by atoms with van der Waals surface area (Å²) >= 11 is 0. The predicted molar refractivity (Wildman–Crippen MR) is 180 cm³/mol. The molecule has 3 heterocycles. The lowest BCUT2D eigenvalue weighted by atomic mass is 9.80. The van der Waals surface area contributed by atoms with E-state index in [0.717, 1.165) is 68.4 Å². The molecular weight excluding hydrogens is 595 g/mol. The van der Waals surface area contributed by atoms with Gasteiger partial charge in [-0.3, -0.25) is 4.79 Å². The molecule has 2 amide bonds. The van der Waals surface area contributed by atoms with Crippen molar-refractivity contribution in [3.05, 3.63) is 53.9 Å². The zero-order valence-corrected chi connectivity index (χ0v) is 28.0. The number of carbonyl (C=O) groups is 2. The van der Waals surface area contributed by atoms with Crippen LogP contribution in [0.3, 0.4) is 0 Å². The van der Waals surface area contributed by atoms with Gasteiger partial charge in [-0.2, -0.15) is 0 Å². The van der Waals surface area contributed by atoms with Gasteiger partial charge < -0.3 is 34.4 Å². The number of imidazole rings is 1. The highest BCUT2D eigenvalue weighted by atomic mass is 16.5. The topological polar surface area (TPSA) is 126 Å². The van der Waals surface area contributed by atoms with Crippen LogP contribution in [0.2, 0.25) is 0 Å². The SMILES string of the molecule is COC(=O)N[C@H](C(=O)N1C(c2nc3c(ccc4cc5c(cc43)OCc3cc([B]OC(C)(C)C(C)(C)O)ccc3-5)[nH]2)CC2C[C@H]21)C(C)C. The molecule has 2 fully saturated rings. The van der Waals surface area contributed by atoms with Gasteiger partial charge in [0.05, 0.1) is 35.4 Å². The molecule has 11 heteroatoms. The van der Waals surface area contributed by atoms with Crippen molar-refractivity contribution in [1.29, 1.82) is 0 Å². The summed E-state index contributed by atoms with van der Waals surface area (Å²) in [6.45, 7) is 11.5. The molecule has 2 aliphatic heterocycles. The van der Waals surface area contributed by atoms with Crippen LogP contribution in [0.25, 0.3) is 32.9 Å². The van der Waals surface area contributed by atoms with Crippen LogP contribution in [0.15, 0.2) is 42.5 Å². The number of rotatable bonds is 8. The van der Waals surface area contributed by atoms with Gasteiger partial charge in [-0.05, 0) is 87.1 Å². The van der Waals surface area contributed by atoms with Gasteiger partial charge >= 0.3 is 13.6 Å². The maximum absolute atomic E-state index is 13.9. The smallest absolute Gasteiger partial charge is 0.407 e. The Morgan fingerprint density at radius 2 is 1.89 bits per heavy atom. The summed E-state index contributed by atoms with van der Waals surface area (Å²) in [5, 5.41) is 15.2. The van der Waals surface area contributed by atoms with Crippen molar-refractivity contribution in [3.8, 4) is 16.9 Å². The van der Waals surface area contributed by atoms with Gasteiger partial charge in [0.2, 0.25) is 5.91 Å². The normalized spacial score (nSPS) is 20.8. The first-order valence-corrected chi connectivity index (χ1v) is 16.4. The number of amides is 2. The number of likely N-dealkylation sites (tertiary alicyclic amines) is 1. The monoisotopic (exact) mass is 637 g/mol. The van der Waals surface area contributed by atoms with E-state index in [0.29, 0.717) is 12.5 Å². The molecule has 245 valence electrons. The number of hydrogen-bond donors (Lipinski definition) is 3. The third kappa shape index (κ3) is 5.53. The Kier molecular flexibility index (Phi) is 7.55. The second-order valence-corrected chi connectivity index (χ2v) is 14.6. The Bertz CT molecular complexity index is 1900. The standard InChI is InChI=1S/C36H42BN4O6/c1-18(2)30(40-34(43)45-7)33(42)41-27-14-20(27)15-28(41)32-38-26-11-8-19-13-25-23-10-9-22(37-47-36(5,6)35(3,4)44)12-21(23)17-46-29(25)16-24(19)31(26)39-32/h8-13,16,18,20,27-28,30,44H,14-15,17H2,1-7H3,(H,38,39)(H,40,43)/t20?,27-,28?,30+/m1/s1. The van der Waals surface area contributed by atoms with E-state index in [-0.39, 0.29) is 23.9 Å². The fraction of sp³-hybridized carbons (Fsp3) is 0.472. The largest absolute Gasteiger partial charge is 0.488 e. The molecule has 10 nitrogen and oxygen atoms in total. The van der Waals surface area contributed by atoms with Crippen molar-refractivity contribution < 1.29 is 28.8 Å². The number of fused-ring (bicyclic) bond motifs is 7. The number of aliphatic hydroxyl groups is 1. The number of alkyl carbamates (subject to hydrolysis) is 1. The average molecular weight is 638 g/mol. The lowest BCUT2D eigenvalue weighted by Crippen LogP contribution is -2.52. The minimum Gasteiger partial charge on any atom is -0.488 e. The second-order valence-electron chi connectivity index (χ2n) is 14.6. The predicted octanol–water partition coefficient (Wildman–Crippen LogP) is 5.13. The summed E-state index contributed by atoms with van der Waals surface area (Å²) in [5.74, 6) is 1.81. The number of methoxy groups -OCH3 is 1. The quantitative estimate of drug-likeness (QED) is 0.229.